The minimum Gasteiger partial charge on any atom is -0.508 e. The molecule has 0 aromatic heterocycles. The molecular weight excluding hydrogens is 435 g/mol. The first-order chi connectivity index (χ1) is 14.7. The summed E-state index contributed by atoms with van der Waals surface area (Å²) in [4.78, 5) is 15.4. The predicted molar refractivity (Wildman–Crippen MR) is 121 cm³/mol. The Labute approximate surface area is 192 Å². The third-order valence-corrected chi connectivity index (χ3v) is 8.40. The van der Waals surface area contributed by atoms with Crippen molar-refractivity contribution in [2.75, 3.05) is 13.6 Å². The van der Waals surface area contributed by atoms with Crippen LogP contribution >= 0.6 is 23.2 Å². The lowest BCUT2D eigenvalue weighted by atomic mass is 9.56. The highest BCUT2D eigenvalue weighted by molar-refractivity contribution is 6.35. The molecule has 7 heteroatoms. The number of nitrogens with one attached hydrogen (secondary N) is 1. The Kier molecular flexibility index (Phi) is 5.02. The van der Waals surface area contributed by atoms with E-state index in [1.165, 1.54) is 0 Å². The predicted octanol–water partition coefficient (Wildman–Crippen LogP) is 3.65. The van der Waals surface area contributed by atoms with E-state index in [0.29, 0.717) is 29.4 Å². The Morgan fingerprint density at radius 1 is 1.23 bits per heavy atom. The first-order valence-corrected chi connectivity index (χ1v) is 11.5. The van der Waals surface area contributed by atoms with Crippen molar-refractivity contribution in [1.29, 1.82) is 0 Å². The number of rotatable bonds is 3. The standard InChI is InChI=1S/C24H26Cl2N2O3/c1-28-7-6-23-11-16(22(30)27-13-15-2-4-17(25)9-20(15)26)12-24(23,31)21(28)8-14-3-5-18(29)10-19(14)23/h2-5,9-10,16,21,29,31H,6-8,11-13H2,1H3,(H,27,30)/t16-,21-,23-,24-/m1/s1. The van der Waals surface area contributed by atoms with Gasteiger partial charge in [0.25, 0.3) is 0 Å². The third-order valence-electron chi connectivity index (χ3n) is 7.82. The summed E-state index contributed by atoms with van der Waals surface area (Å²) in [6, 6.07) is 10.7. The number of hydrogen-bond acceptors (Lipinski definition) is 4. The van der Waals surface area contributed by atoms with Crippen LogP contribution in [-0.4, -0.2) is 46.3 Å². The quantitative estimate of drug-likeness (QED) is 0.653. The van der Waals surface area contributed by atoms with Crippen LogP contribution in [-0.2, 0) is 23.2 Å². The summed E-state index contributed by atoms with van der Waals surface area (Å²) < 4.78 is 0. The van der Waals surface area contributed by atoms with Crippen LogP contribution in [0.3, 0.4) is 0 Å². The number of benzene rings is 2. The molecule has 4 atom stereocenters. The van der Waals surface area contributed by atoms with Gasteiger partial charge in [-0.2, -0.15) is 0 Å². The van der Waals surface area contributed by atoms with Crippen molar-refractivity contribution in [2.45, 2.75) is 49.3 Å². The van der Waals surface area contributed by atoms with Gasteiger partial charge in [-0.05, 0) is 80.2 Å². The Balaban J connectivity index is 1.43. The molecule has 1 amide bonds. The van der Waals surface area contributed by atoms with Gasteiger partial charge in [0.2, 0.25) is 5.91 Å². The van der Waals surface area contributed by atoms with E-state index in [1.54, 1.807) is 24.3 Å². The highest BCUT2D eigenvalue weighted by Gasteiger charge is 2.67. The lowest BCUT2D eigenvalue weighted by Gasteiger charge is -2.58. The molecule has 1 heterocycles. The van der Waals surface area contributed by atoms with Gasteiger partial charge in [-0.15, -0.1) is 0 Å². The van der Waals surface area contributed by atoms with Crippen molar-refractivity contribution in [2.24, 2.45) is 5.92 Å². The molecule has 2 aromatic carbocycles. The number of phenolic OH excluding ortho intramolecular Hbond substituents is 1. The molecule has 5 nitrogen and oxygen atoms in total. The van der Waals surface area contributed by atoms with E-state index in [0.717, 1.165) is 36.1 Å². The summed E-state index contributed by atoms with van der Waals surface area (Å²) in [5, 5.41) is 26.3. The number of phenols is 1. The van der Waals surface area contributed by atoms with E-state index in [1.807, 2.05) is 19.2 Å². The van der Waals surface area contributed by atoms with E-state index in [-0.39, 0.29) is 23.6 Å². The lowest BCUT2D eigenvalue weighted by Crippen LogP contribution is -2.68. The van der Waals surface area contributed by atoms with Crippen molar-refractivity contribution in [3.05, 3.63) is 63.1 Å². The van der Waals surface area contributed by atoms with Crippen molar-refractivity contribution in [1.82, 2.24) is 10.2 Å². The van der Waals surface area contributed by atoms with E-state index >= 15 is 0 Å². The van der Waals surface area contributed by atoms with Crippen LogP contribution in [0.5, 0.6) is 5.75 Å². The normalized spacial score (nSPS) is 31.7. The fraction of sp³-hybridized carbons (Fsp3) is 0.458. The van der Waals surface area contributed by atoms with Gasteiger partial charge in [-0.1, -0.05) is 35.3 Å². The smallest absolute Gasteiger partial charge is 0.223 e. The number of hydrogen-bond donors (Lipinski definition) is 3. The Hall–Kier alpha value is -1.79. The zero-order valence-corrected chi connectivity index (χ0v) is 18.9. The largest absolute Gasteiger partial charge is 0.508 e. The molecule has 1 saturated heterocycles. The molecule has 31 heavy (non-hydrogen) atoms. The SMILES string of the molecule is CN1CC[C@]23C[C@@H](C(=O)NCc4ccc(Cl)cc4Cl)C[C@@]2(O)[C@H]1Cc1ccc(O)cc13. The first kappa shape index (κ1) is 21.1. The van der Waals surface area contributed by atoms with Crippen LogP contribution in [0.1, 0.15) is 36.0 Å². The number of halogens is 2. The molecule has 2 fully saturated rings. The number of carbonyl (C=O) groups excluding carboxylic acids is 1. The molecule has 1 saturated carbocycles. The van der Waals surface area contributed by atoms with Gasteiger partial charge in [0.05, 0.1) is 5.60 Å². The van der Waals surface area contributed by atoms with Gasteiger partial charge >= 0.3 is 0 Å². The van der Waals surface area contributed by atoms with Crippen LogP contribution in [0.4, 0.5) is 0 Å². The topological polar surface area (TPSA) is 72.8 Å². The highest BCUT2D eigenvalue weighted by atomic mass is 35.5. The molecule has 0 unspecified atom stereocenters. The van der Waals surface area contributed by atoms with E-state index in [4.69, 9.17) is 23.2 Å². The van der Waals surface area contributed by atoms with Crippen molar-refractivity contribution in [3.8, 4) is 5.75 Å². The van der Waals surface area contributed by atoms with Crippen LogP contribution in [0, 0.1) is 5.92 Å². The minimum absolute atomic E-state index is 0.0400. The number of likely N-dealkylation sites (tertiary alicyclic amines) is 1. The summed E-state index contributed by atoms with van der Waals surface area (Å²) in [6.45, 7) is 1.17. The lowest BCUT2D eigenvalue weighted by molar-refractivity contribution is -0.129. The van der Waals surface area contributed by atoms with Gasteiger partial charge in [-0.3, -0.25) is 4.79 Å². The van der Waals surface area contributed by atoms with E-state index in [2.05, 4.69) is 10.2 Å². The fourth-order valence-electron chi connectivity index (χ4n) is 6.28. The molecule has 2 aromatic rings. The average molecular weight is 461 g/mol. The maximum atomic E-state index is 13.2. The second-order valence-electron chi connectivity index (χ2n) is 9.36. The average Bonchev–Trinajstić information content (AvgIpc) is 3.06. The maximum Gasteiger partial charge on any atom is 0.223 e. The highest BCUT2D eigenvalue weighted by Crippen LogP contribution is 2.61. The van der Waals surface area contributed by atoms with Gasteiger partial charge in [0, 0.05) is 34.0 Å². The molecule has 1 aliphatic heterocycles. The summed E-state index contributed by atoms with van der Waals surface area (Å²) in [5.74, 6) is -0.172. The summed E-state index contributed by atoms with van der Waals surface area (Å²) in [7, 11) is 2.05. The number of nitrogens with zero attached hydrogens (tertiary/aromatic N) is 1. The van der Waals surface area contributed by atoms with Crippen molar-refractivity contribution in [3.63, 3.8) is 0 Å². The molecule has 2 bridgehead atoms. The van der Waals surface area contributed by atoms with Crippen LogP contribution < -0.4 is 5.32 Å². The summed E-state index contributed by atoms with van der Waals surface area (Å²) in [5.41, 5.74) is 1.46. The zero-order valence-electron chi connectivity index (χ0n) is 17.4. The van der Waals surface area contributed by atoms with E-state index < -0.39 is 11.0 Å². The van der Waals surface area contributed by atoms with Gasteiger partial charge in [0.15, 0.2) is 0 Å². The molecular formula is C24H26Cl2N2O3. The summed E-state index contributed by atoms with van der Waals surface area (Å²) >= 11 is 12.2. The summed E-state index contributed by atoms with van der Waals surface area (Å²) in [6.07, 6.45) is 2.47. The Morgan fingerprint density at radius 2 is 2.03 bits per heavy atom. The van der Waals surface area contributed by atoms with Gasteiger partial charge in [-0.25, -0.2) is 0 Å². The number of aliphatic hydroxyl groups is 1. The molecule has 164 valence electrons. The number of piperidine rings is 1. The van der Waals surface area contributed by atoms with E-state index in [9.17, 15) is 15.0 Å². The number of aromatic hydroxyl groups is 1. The first-order valence-electron chi connectivity index (χ1n) is 10.7. The van der Waals surface area contributed by atoms with Gasteiger partial charge < -0.3 is 20.4 Å². The zero-order chi connectivity index (χ0) is 22.0. The van der Waals surface area contributed by atoms with Crippen LogP contribution in [0.25, 0.3) is 0 Å². The van der Waals surface area contributed by atoms with Crippen LogP contribution in [0.2, 0.25) is 10.0 Å². The maximum absolute atomic E-state index is 13.2. The second-order valence-corrected chi connectivity index (χ2v) is 10.2. The Morgan fingerprint density at radius 3 is 2.81 bits per heavy atom. The number of carbonyl (C=O) groups is 1. The van der Waals surface area contributed by atoms with Gasteiger partial charge in [0.1, 0.15) is 5.75 Å². The second kappa shape index (κ2) is 7.38. The number of fused-ring (bicyclic) bond motifs is 1. The fourth-order valence-corrected chi connectivity index (χ4v) is 6.75. The molecule has 2 aliphatic carbocycles. The molecule has 0 spiro atoms. The van der Waals surface area contributed by atoms with Crippen molar-refractivity contribution < 1.29 is 15.0 Å². The molecule has 3 N–H and O–H groups in total. The third kappa shape index (κ3) is 3.17. The monoisotopic (exact) mass is 460 g/mol. The minimum atomic E-state index is -0.999. The van der Waals surface area contributed by atoms with Crippen LogP contribution in [0.15, 0.2) is 36.4 Å². The molecule has 5 rings (SSSR count). The van der Waals surface area contributed by atoms with Crippen molar-refractivity contribution >= 4 is 29.1 Å². The molecule has 0 radical (unpaired) electrons. The Bertz CT molecular complexity index is 1060. The number of amides is 1. The molecule has 3 aliphatic rings. The number of likely N-dealkylation sites (N-methyl/N-ethyl adjacent to an activating group) is 1.